The Balaban J connectivity index is 1.58. The third kappa shape index (κ3) is 5.99. The third-order valence-corrected chi connectivity index (χ3v) is 7.75. The number of carbonyl (C=O) groups is 1. The number of nitrogens with zero attached hydrogens (tertiary/aromatic N) is 2. The molecule has 2 aromatic carbocycles. The van der Waals surface area contributed by atoms with Crippen molar-refractivity contribution in [3.63, 3.8) is 0 Å². The molecule has 1 heterocycles. The van der Waals surface area contributed by atoms with E-state index in [1.54, 1.807) is 0 Å². The standard InChI is InChI=1S/C23H30ClN3O3S/c1-17-5-4-14-27(15-17)21-10-6-19(7-11-21)18(2)25-23(28)16-26(3)31(29,30)22-12-8-20(24)9-13-22/h6-13,17-18H,4-5,14-16H2,1-3H3,(H,25,28)/t17-,18+/m0/s1. The molecule has 31 heavy (non-hydrogen) atoms. The molecule has 0 unspecified atom stereocenters. The van der Waals surface area contributed by atoms with Gasteiger partial charge in [-0.1, -0.05) is 30.7 Å². The first kappa shape index (κ1) is 23.6. The van der Waals surface area contributed by atoms with Gasteiger partial charge in [0.05, 0.1) is 17.5 Å². The molecule has 2 aromatic rings. The molecule has 0 spiro atoms. The first-order valence-corrected chi connectivity index (χ1v) is 12.3. The van der Waals surface area contributed by atoms with Crippen LogP contribution in [0.4, 0.5) is 5.69 Å². The second-order valence-electron chi connectivity index (χ2n) is 8.29. The molecule has 8 heteroatoms. The molecule has 0 aliphatic carbocycles. The maximum atomic E-state index is 12.6. The van der Waals surface area contributed by atoms with Gasteiger partial charge in [0.1, 0.15) is 0 Å². The molecule has 6 nitrogen and oxygen atoms in total. The second-order valence-corrected chi connectivity index (χ2v) is 10.8. The first-order chi connectivity index (χ1) is 14.7. The zero-order valence-electron chi connectivity index (χ0n) is 18.2. The average Bonchev–Trinajstić information content (AvgIpc) is 2.74. The van der Waals surface area contributed by atoms with Crippen molar-refractivity contribution in [2.75, 3.05) is 31.6 Å². The highest BCUT2D eigenvalue weighted by Crippen LogP contribution is 2.24. The van der Waals surface area contributed by atoms with Gasteiger partial charge in [-0.25, -0.2) is 8.42 Å². The highest BCUT2D eigenvalue weighted by molar-refractivity contribution is 7.89. The van der Waals surface area contributed by atoms with Crippen molar-refractivity contribution in [3.8, 4) is 0 Å². The lowest BCUT2D eigenvalue weighted by Gasteiger charge is -2.33. The van der Waals surface area contributed by atoms with E-state index in [0.29, 0.717) is 10.9 Å². The van der Waals surface area contributed by atoms with E-state index >= 15 is 0 Å². The normalized spacial score (nSPS) is 18.1. The molecule has 0 aromatic heterocycles. The summed E-state index contributed by atoms with van der Waals surface area (Å²) in [5.41, 5.74) is 2.17. The molecule has 1 amide bonds. The number of rotatable bonds is 7. The highest BCUT2D eigenvalue weighted by atomic mass is 35.5. The lowest BCUT2D eigenvalue weighted by molar-refractivity contribution is -0.121. The Bertz CT molecular complexity index is 994. The summed E-state index contributed by atoms with van der Waals surface area (Å²) in [5, 5.41) is 3.34. The van der Waals surface area contributed by atoms with Crippen LogP contribution in [0.25, 0.3) is 0 Å². The molecule has 1 N–H and O–H groups in total. The first-order valence-electron chi connectivity index (χ1n) is 10.5. The zero-order valence-corrected chi connectivity index (χ0v) is 19.8. The second kappa shape index (κ2) is 10.0. The van der Waals surface area contributed by atoms with Crippen molar-refractivity contribution in [1.82, 2.24) is 9.62 Å². The fraction of sp³-hybridized carbons (Fsp3) is 0.435. The molecule has 1 fully saturated rings. The number of benzene rings is 2. The number of halogens is 1. The van der Waals surface area contributed by atoms with Crippen molar-refractivity contribution in [3.05, 3.63) is 59.1 Å². The van der Waals surface area contributed by atoms with Crippen LogP contribution < -0.4 is 10.2 Å². The van der Waals surface area contributed by atoms with Gasteiger partial charge < -0.3 is 10.2 Å². The van der Waals surface area contributed by atoms with E-state index in [2.05, 4.69) is 29.3 Å². The maximum absolute atomic E-state index is 12.6. The van der Waals surface area contributed by atoms with Crippen LogP contribution in [0.2, 0.25) is 5.02 Å². The van der Waals surface area contributed by atoms with Crippen molar-refractivity contribution in [2.24, 2.45) is 5.92 Å². The van der Waals surface area contributed by atoms with Crippen LogP contribution in [0.15, 0.2) is 53.4 Å². The number of carbonyl (C=O) groups excluding carboxylic acids is 1. The van der Waals surface area contributed by atoms with E-state index in [9.17, 15) is 13.2 Å². The number of sulfonamides is 1. The van der Waals surface area contributed by atoms with Gasteiger partial charge in [-0.3, -0.25) is 4.79 Å². The molecule has 0 bridgehead atoms. The summed E-state index contributed by atoms with van der Waals surface area (Å²) in [6, 6.07) is 13.9. The van der Waals surface area contributed by atoms with Crippen LogP contribution in [-0.2, 0) is 14.8 Å². The molecule has 1 aliphatic heterocycles. The van der Waals surface area contributed by atoms with Crippen LogP contribution in [-0.4, -0.2) is 45.3 Å². The van der Waals surface area contributed by atoms with Crippen molar-refractivity contribution in [2.45, 2.75) is 37.6 Å². The van der Waals surface area contributed by atoms with Gasteiger partial charge in [0.15, 0.2) is 0 Å². The van der Waals surface area contributed by atoms with Crippen LogP contribution in [0.1, 0.15) is 38.3 Å². The molecule has 0 radical (unpaired) electrons. The van der Waals surface area contributed by atoms with E-state index in [1.165, 1.54) is 49.8 Å². The molecule has 1 saturated heterocycles. The Kier molecular flexibility index (Phi) is 7.62. The van der Waals surface area contributed by atoms with Gasteiger partial charge >= 0.3 is 0 Å². The van der Waals surface area contributed by atoms with Crippen molar-refractivity contribution < 1.29 is 13.2 Å². The third-order valence-electron chi connectivity index (χ3n) is 5.68. The van der Waals surface area contributed by atoms with Gasteiger partial charge in [-0.2, -0.15) is 4.31 Å². The van der Waals surface area contributed by atoms with Crippen LogP contribution >= 0.6 is 11.6 Å². The summed E-state index contributed by atoms with van der Waals surface area (Å²) in [4.78, 5) is 15.0. The fourth-order valence-corrected chi connectivity index (χ4v) is 5.10. The topological polar surface area (TPSA) is 69.7 Å². The molecular formula is C23H30ClN3O3S. The van der Waals surface area contributed by atoms with Crippen molar-refractivity contribution >= 4 is 33.2 Å². The van der Waals surface area contributed by atoms with Crippen LogP contribution in [0, 0.1) is 5.92 Å². The van der Waals surface area contributed by atoms with E-state index in [-0.39, 0.29) is 23.4 Å². The number of anilines is 1. The number of hydrogen-bond acceptors (Lipinski definition) is 4. The predicted octanol–water partition coefficient (Wildman–Crippen LogP) is 4.07. The molecule has 2 atom stereocenters. The molecule has 0 saturated carbocycles. The number of hydrogen-bond donors (Lipinski definition) is 1. The Labute approximate surface area is 190 Å². The highest BCUT2D eigenvalue weighted by Gasteiger charge is 2.24. The fourth-order valence-electron chi connectivity index (χ4n) is 3.84. The largest absolute Gasteiger partial charge is 0.371 e. The monoisotopic (exact) mass is 463 g/mol. The van der Waals surface area contributed by atoms with Gasteiger partial charge in [0, 0.05) is 30.8 Å². The minimum absolute atomic E-state index is 0.0999. The van der Waals surface area contributed by atoms with Gasteiger partial charge in [-0.05, 0) is 67.6 Å². The predicted molar refractivity (Wildman–Crippen MR) is 125 cm³/mol. The molecule has 3 rings (SSSR count). The SMILES string of the molecule is C[C@H]1CCCN(c2ccc([C@@H](C)NC(=O)CN(C)S(=O)(=O)c3ccc(Cl)cc3)cc2)C1. The van der Waals surface area contributed by atoms with E-state index in [4.69, 9.17) is 11.6 Å². The Morgan fingerprint density at radius 2 is 1.84 bits per heavy atom. The van der Waals surface area contributed by atoms with E-state index in [1.807, 2.05) is 19.1 Å². The average molecular weight is 464 g/mol. The summed E-state index contributed by atoms with van der Waals surface area (Å²) >= 11 is 5.83. The quantitative estimate of drug-likeness (QED) is 0.671. The van der Waals surface area contributed by atoms with Crippen molar-refractivity contribution in [1.29, 1.82) is 0 Å². The van der Waals surface area contributed by atoms with Crippen LogP contribution in [0.3, 0.4) is 0 Å². The lowest BCUT2D eigenvalue weighted by atomic mass is 9.99. The van der Waals surface area contributed by atoms with Gasteiger partial charge in [-0.15, -0.1) is 0 Å². The summed E-state index contributed by atoms with van der Waals surface area (Å²) in [6.45, 7) is 6.05. The minimum Gasteiger partial charge on any atom is -0.371 e. The summed E-state index contributed by atoms with van der Waals surface area (Å²) in [5.74, 6) is 0.342. The van der Waals surface area contributed by atoms with E-state index in [0.717, 1.165) is 23.0 Å². The smallest absolute Gasteiger partial charge is 0.243 e. The van der Waals surface area contributed by atoms with E-state index < -0.39 is 10.0 Å². The van der Waals surface area contributed by atoms with Crippen LogP contribution in [0.5, 0.6) is 0 Å². The summed E-state index contributed by atoms with van der Waals surface area (Å²) in [7, 11) is -2.37. The Hall–Kier alpha value is -2.09. The number of nitrogens with one attached hydrogen (secondary N) is 1. The zero-order chi connectivity index (χ0) is 22.6. The lowest BCUT2D eigenvalue weighted by Crippen LogP contribution is -2.39. The maximum Gasteiger partial charge on any atom is 0.243 e. The minimum atomic E-state index is -3.77. The number of amides is 1. The van der Waals surface area contributed by atoms with Gasteiger partial charge in [0.2, 0.25) is 15.9 Å². The molecule has 1 aliphatic rings. The Morgan fingerprint density at radius 1 is 1.19 bits per heavy atom. The number of likely N-dealkylation sites (N-methyl/N-ethyl adjacent to an activating group) is 1. The number of piperidine rings is 1. The molecular weight excluding hydrogens is 434 g/mol. The summed E-state index contributed by atoms with van der Waals surface area (Å²) < 4.78 is 26.3. The Morgan fingerprint density at radius 3 is 2.45 bits per heavy atom. The van der Waals surface area contributed by atoms with Gasteiger partial charge in [0.25, 0.3) is 0 Å². The summed E-state index contributed by atoms with van der Waals surface area (Å²) in [6.07, 6.45) is 2.49. The molecule has 168 valence electrons.